The first kappa shape index (κ1) is 14.2. The number of aryl methyl sites for hydroxylation is 1. The van der Waals surface area contributed by atoms with Gasteiger partial charge in [0.15, 0.2) is 0 Å². The summed E-state index contributed by atoms with van der Waals surface area (Å²) in [6, 6.07) is 7.93. The second-order valence-electron chi connectivity index (χ2n) is 4.24. The van der Waals surface area contributed by atoms with E-state index < -0.39 is 0 Å². The Morgan fingerprint density at radius 3 is 2.85 bits per heavy atom. The van der Waals surface area contributed by atoms with Crippen LogP contribution in [0.4, 0.5) is 5.82 Å². The van der Waals surface area contributed by atoms with Gasteiger partial charge in [-0.1, -0.05) is 24.4 Å². The minimum absolute atomic E-state index is 0.242. The van der Waals surface area contributed by atoms with E-state index in [1.807, 2.05) is 31.2 Å². The van der Waals surface area contributed by atoms with E-state index in [0.29, 0.717) is 24.7 Å². The minimum atomic E-state index is 0.242. The molecule has 5 nitrogen and oxygen atoms in total. The number of hydrogen-bond acceptors (Lipinski definition) is 5. The van der Waals surface area contributed by atoms with E-state index in [9.17, 15) is 0 Å². The molecule has 20 heavy (non-hydrogen) atoms. The summed E-state index contributed by atoms with van der Waals surface area (Å²) in [7, 11) is 0. The second kappa shape index (κ2) is 6.81. The molecule has 0 radical (unpaired) electrons. The first-order valence-electron chi connectivity index (χ1n) is 6.20. The zero-order valence-electron chi connectivity index (χ0n) is 11.2. The summed E-state index contributed by atoms with van der Waals surface area (Å²) >= 11 is 4.81. The molecule has 0 saturated heterocycles. The minimum Gasteiger partial charge on any atom is -0.492 e. The van der Waals surface area contributed by atoms with Gasteiger partial charge >= 0.3 is 0 Å². The lowest BCUT2D eigenvalue weighted by Crippen LogP contribution is -2.15. The second-order valence-corrected chi connectivity index (χ2v) is 4.68. The smallest absolute Gasteiger partial charge is 0.144 e. The van der Waals surface area contributed by atoms with Crippen molar-refractivity contribution in [1.29, 1.82) is 0 Å². The van der Waals surface area contributed by atoms with Crippen LogP contribution < -0.4 is 15.8 Å². The van der Waals surface area contributed by atoms with E-state index >= 15 is 0 Å². The number of ether oxygens (including phenoxy) is 1. The van der Waals surface area contributed by atoms with Crippen LogP contribution in [0.3, 0.4) is 0 Å². The van der Waals surface area contributed by atoms with Crippen molar-refractivity contribution in [1.82, 2.24) is 9.97 Å². The predicted octanol–water partition coefficient (Wildman–Crippen LogP) is 1.91. The number of nitrogens with zero attached hydrogens (tertiary/aromatic N) is 2. The van der Waals surface area contributed by atoms with Gasteiger partial charge < -0.3 is 15.8 Å². The molecule has 1 aromatic carbocycles. The van der Waals surface area contributed by atoms with Crippen molar-refractivity contribution < 1.29 is 4.74 Å². The normalized spacial score (nSPS) is 10.1. The topological polar surface area (TPSA) is 73.1 Å². The van der Waals surface area contributed by atoms with Gasteiger partial charge in [-0.05, 0) is 24.6 Å². The molecule has 104 valence electrons. The number of aromatic nitrogens is 2. The lowest BCUT2D eigenvalue weighted by atomic mass is 10.2. The monoisotopic (exact) mass is 288 g/mol. The van der Waals surface area contributed by atoms with Crippen molar-refractivity contribution in [3.8, 4) is 5.75 Å². The molecule has 2 aromatic rings. The molecule has 0 aliphatic heterocycles. The van der Waals surface area contributed by atoms with Gasteiger partial charge in [0.1, 0.15) is 28.9 Å². The maximum absolute atomic E-state index is 5.62. The Morgan fingerprint density at radius 2 is 2.20 bits per heavy atom. The van der Waals surface area contributed by atoms with Crippen molar-refractivity contribution in [2.24, 2.45) is 5.73 Å². The molecule has 0 bridgehead atoms. The molecule has 0 aliphatic rings. The number of hydrogen-bond donors (Lipinski definition) is 2. The molecule has 0 atom stereocenters. The van der Waals surface area contributed by atoms with Gasteiger partial charge in [0.05, 0.1) is 18.9 Å². The summed E-state index contributed by atoms with van der Waals surface area (Å²) < 4.78 is 5.62. The van der Waals surface area contributed by atoms with Crippen molar-refractivity contribution in [3.63, 3.8) is 0 Å². The first-order valence-corrected chi connectivity index (χ1v) is 6.61. The average Bonchev–Trinajstić information content (AvgIpc) is 2.44. The Kier molecular flexibility index (Phi) is 4.84. The van der Waals surface area contributed by atoms with Crippen LogP contribution in [0.5, 0.6) is 5.75 Å². The number of benzene rings is 1. The largest absolute Gasteiger partial charge is 0.492 e. The molecule has 1 aromatic heterocycles. The van der Waals surface area contributed by atoms with Gasteiger partial charge in [0, 0.05) is 0 Å². The molecule has 6 heteroatoms. The Morgan fingerprint density at radius 1 is 1.35 bits per heavy atom. The molecule has 0 fully saturated rings. The molecule has 0 aliphatic carbocycles. The maximum Gasteiger partial charge on any atom is 0.144 e. The van der Waals surface area contributed by atoms with Crippen LogP contribution in [0.15, 0.2) is 36.7 Å². The van der Waals surface area contributed by atoms with Gasteiger partial charge in [-0.2, -0.15) is 0 Å². The fraction of sp³-hybridized carbons (Fsp3) is 0.214. The molecule has 0 spiro atoms. The fourth-order valence-corrected chi connectivity index (χ4v) is 1.71. The van der Waals surface area contributed by atoms with E-state index in [4.69, 9.17) is 22.7 Å². The van der Waals surface area contributed by atoms with Gasteiger partial charge in [-0.15, -0.1) is 0 Å². The molecular weight excluding hydrogens is 272 g/mol. The van der Waals surface area contributed by atoms with E-state index in [1.54, 1.807) is 12.4 Å². The summed E-state index contributed by atoms with van der Waals surface area (Å²) in [4.78, 5) is 8.50. The van der Waals surface area contributed by atoms with Crippen LogP contribution in [-0.4, -0.2) is 28.1 Å². The van der Waals surface area contributed by atoms with Crippen LogP contribution >= 0.6 is 12.2 Å². The van der Waals surface area contributed by atoms with Crippen molar-refractivity contribution in [2.75, 3.05) is 18.5 Å². The fourth-order valence-electron chi connectivity index (χ4n) is 1.60. The number of nitrogens with two attached hydrogens (primary N) is 1. The predicted molar refractivity (Wildman–Crippen MR) is 83.1 cm³/mol. The summed E-state index contributed by atoms with van der Waals surface area (Å²) in [6.45, 7) is 3.21. The number of anilines is 1. The highest BCUT2D eigenvalue weighted by molar-refractivity contribution is 7.80. The first-order chi connectivity index (χ1) is 9.65. The summed E-state index contributed by atoms with van der Waals surface area (Å²) in [5.74, 6) is 1.53. The standard InChI is InChI=1S/C14H16N4OS/c1-10-3-2-4-11(7-10)19-6-5-16-13-9-17-12(8-18-13)14(15)20/h2-4,7-9H,5-6H2,1H3,(H2,15,20)(H,16,18). The summed E-state index contributed by atoms with van der Waals surface area (Å²) in [6.07, 6.45) is 3.15. The van der Waals surface area contributed by atoms with E-state index in [2.05, 4.69) is 15.3 Å². The van der Waals surface area contributed by atoms with E-state index in [0.717, 1.165) is 5.75 Å². The highest BCUT2D eigenvalue weighted by Gasteiger charge is 1.99. The molecular formula is C14H16N4OS. The highest BCUT2D eigenvalue weighted by atomic mass is 32.1. The van der Waals surface area contributed by atoms with Crippen molar-refractivity contribution in [2.45, 2.75) is 6.92 Å². The Balaban J connectivity index is 1.77. The number of rotatable bonds is 6. The zero-order valence-corrected chi connectivity index (χ0v) is 12.0. The van der Waals surface area contributed by atoms with E-state index in [-0.39, 0.29) is 4.99 Å². The molecule has 2 rings (SSSR count). The van der Waals surface area contributed by atoms with Crippen LogP contribution in [0.1, 0.15) is 11.3 Å². The molecule has 0 saturated carbocycles. The lowest BCUT2D eigenvalue weighted by Gasteiger charge is -2.08. The Hall–Kier alpha value is -2.21. The third kappa shape index (κ3) is 4.17. The quantitative estimate of drug-likeness (QED) is 0.625. The van der Waals surface area contributed by atoms with Crippen LogP contribution in [0, 0.1) is 6.92 Å². The van der Waals surface area contributed by atoms with Gasteiger partial charge in [0.2, 0.25) is 0 Å². The van der Waals surface area contributed by atoms with Gasteiger partial charge in [0.25, 0.3) is 0 Å². The molecule has 0 amide bonds. The SMILES string of the molecule is Cc1cccc(OCCNc2cnc(C(N)=S)cn2)c1. The maximum atomic E-state index is 5.62. The Bertz CT molecular complexity index is 586. The van der Waals surface area contributed by atoms with Crippen molar-refractivity contribution in [3.05, 3.63) is 47.9 Å². The van der Waals surface area contributed by atoms with Gasteiger partial charge in [-0.25, -0.2) is 9.97 Å². The molecule has 3 N–H and O–H groups in total. The van der Waals surface area contributed by atoms with Crippen LogP contribution in [0.2, 0.25) is 0 Å². The lowest BCUT2D eigenvalue weighted by molar-refractivity contribution is 0.332. The molecule has 0 unspecified atom stereocenters. The van der Waals surface area contributed by atoms with Crippen LogP contribution in [0.25, 0.3) is 0 Å². The number of thiocarbonyl (C=S) groups is 1. The van der Waals surface area contributed by atoms with Crippen LogP contribution in [-0.2, 0) is 0 Å². The molecule has 1 heterocycles. The highest BCUT2D eigenvalue weighted by Crippen LogP contribution is 2.12. The zero-order chi connectivity index (χ0) is 14.4. The third-order valence-corrected chi connectivity index (χ3v) is 2.78. The van der Waals surface area contributed by atoms with Crippen molar-refractivity contribution >= 4 is 23.0 Å². The Labute approximate surface area is 123 Å². The van der Waals surface area contributed by atoms with Gasteiger partial charge in [-0.3, -0.25) is 0 Å². The number of nitrogens with one attached hydrogen (secondary N) is 1. The van der Waals surface area contributed by atoms with E-state index in [1.165, 1.54) is 5.56 Å². The summed E-state index contributed by atoms with van der Waals surface area (Å²) in [5.41, 5.74) is 7.14. The third-order valence-electron chi connectivity index (χ3n) is 2.57. The average molecular weight is 288 g/mol. The summed E-state index contributed by atoms with van der Waals surface area (Å²) in [5, 5.41) is 3.11.